The van der Waals surface area contributed by atoms with Gasteiger partial charge in [0.25, 0.3) is 0 Å². The number of hydrogen-bond acceptors (Lipinski definition) is 4. The van der Waals surface area contributed by atoms with Gasteiger partial charge in [-0.2, -0.15) is 14.0 Å². The number of alkyl halides is 2. The van der Waals surface area contributed by atoms with E-state index in [0.29, 0.717) is 11.5 Å². The Labute approximate surface area is 190 Å². The van der Waals surface area contributed by atoms with Crippen molar-refractivity contribution in [3.63, 3.8) is 0 Å². The van der Waals surface area contributed by atoms with Crippen molar-refractivity contribution in [2.75, 3.05) is 0 Å². The van der Waals surface area contributed by atoms with Gasteiger partial charge in [-0.15, -0.1) is 0 Å². The summed E-state index contributed by atoms with van der Waals surface area (Å²) in [4.78, 5) is 12.5. The number of hydrogen-bond donors (Lipinski definition) is 1. The highest BCUT2D eigenvalue weighted by Crippen LogP contribution is 2.46. The number of carbonyl (C=O) groups is 1. The molecule has 0 aliphatic carbocycles. The van der Waals surface area contributed by atoms with Gasteiger partial charge in [-0.25, -0.2) is 0 Å². The van der Waals surface area contributed by atoms with Gasteiger partial charge in [-0.3, -0.25) is 4.79 Å². The topological polar surface area (TPSA) is 79.5 Å². The van der Waals surface area contributed by atoms with Gasteiger partial charge < -0.3 is 14.6 Å². The molecule has 0 fully saturated rings. The van der Waals surface area contributed by atoms with Crippen LogP contribution in [0.3, 0.4) is 0 Å². The van der Waals surface area contributed by atoms with Crippen LogP contribution in [0.25, 0.3) is 0 Å². The van der Waals surface area contributed by atoms with Gasteiger partial charge in [0.2, 0.25) is 0 Å². The maximum atomic E-state index is 12.5. The second-order valence-corrected chi connectivity index (χ2v) is 8.15. The molecule has 0 radical (unpaired) electrons. The number of aliphatic carboxylic acids is 1. The van der Waals surface area contributed by atoms with E-state index in [1.165, 1.54) is 24.3 Å². The summed E-state index contributed by atoms with van der Waals surface area (Å²) in [5.41, 5.74) is -2.18. The summed E-state index contributed by atoms with van der Waals surface area (Å²) in [5, 5.41) is 20.3. The maximum absolute atomic E-state index is 12.5. The zero-order chi connectivity index (χ0) is 24.1. The fourth-order valence-corrected chi connectivity index (χ4v) is 3.93. The first-order valence-electron chi connectivity index (χ1n) is 10.2. The van der Waals surface area contributed by atoms with Crippen LogP contribution in [0.1, 0.15) is 25.0 Å². The Kier molecular flexibility index (Phi) is 6.98. The lowest BCUT2D eigenvalue weighted by Gasteiger charge is -2.39. The van der Waals surface area contributed by atoms with E-state index in [-0.39, 0.29) is 17.7 Å². The Morgan fingerprint density at radius 3 is 2.15 bits per heavy atom. The van der Waals surface area contributed by atoms with Crippen molar-refractivity contribution in [2.24, 2.45) is 5.41 Å². The van der Waals surface area contributed by atoms with Crippen molar-refractivity contribution in [3.05, 3.63) is 90.0 Å². The summed E-state index contributed by atoms with van der Waals surface area (Å²) in [6.45, 7) is 0.369. The molecule has 0 saturated carbocycles. The van der Waals surface area contributed by atoms with E-state index >= 15 is 0 Å². The molecule has 0 spiro atoms. The minimum atomic E-state index is -3.01. The molecule has 0 aromatic heterocycles. The monoisotopic (exact) mass is 451 g/mol. The van der Waals surface area contributed by atoms with Gasteiger partial charge in [-0.1, -0.05) is 62.4 Å². The Morgan fingerprint density at radius 1 is 0.970 bits per heavy atom. The number of carboxylic acids is 1. The van der Waals surface area contributed by atoms with Gasteiger partial charge in [0.1, 0.15) is 17.2 Å². The van der Waals surface area contributed by atoms with E-state index in [1.807, 2.05) is 54.6 Å². The lowest BCUT2D eigenvalue weighted by Crippen LogP contribution is -2.48. The molecular weight excluding hydrogens is 428 g/mol. The molecule has 1 atom stereocenters. The van der Waals surface area contributed by atoms with Crippen molar-refractivity contribution in [3.8, 4) is 23.3 Å². The van der Waals surface area contributed by atoms with Crippen molar-refractivity contribution in [1.29, 1.82) is 5.26 Å². The second kappa shape index (κ2) is 9.70. The van der Waals surface area contributed by atoms with Crippen molar-refractivity contribution >= 4 is 5.97 Å². The van der Waals surface area contributed by atoms with Crippen LogP contribution in [0.5, 0.6) is 17.2 Å². The Bertz CT molecular complexity index is 1140. The Morgan fingerprint density at radius 2 is 1.58 bits per heavy atom. The lowest BCUT2D eigenvalue weighted by molar-refractivity contribution is -0.145. The van der Waals surface area contributed by atoms with E-state index in [0.717, 1.165) is 5.56 Å². The first-order chi connectivity index (χ1) is 15.7. The van der Waals surface area contributed by atoms with Gasteiger partial charge in [0.05, 0.1) is 6.07 Å². The highest BCUT2D eigenvalue weighted by Gasteiger charge is 2.53. The van der Waals surface area contributed by atoms with Crippen LogP contribution in [0.2, 0.25) is 0 Å². The molecule has 0 amide bonds. The molecule has 33 heavy (non-hydrogen) atoms. The van der Waals surface area contributed by atoms with Gasteiger partial charge in [0, 0.05) is 5.41 Å². The van der Waals surface area contributed by atoms with Crippen molar-refractivity contribution < 1.29 is 28.2 Å². The third-order valence-electron chi connectivity index (χ3n) is 5.59. The highest BCUT2D eigenvalue weighted by molar-refractivity contribution is 5.86. The van der Waals surface area contributed by atoms with Gasteiger partial charge in [-0.05, 0) is 47.9 Å². The number of nitriles is 1. The minimum Gasteiger partial charge on any atom is -0.480 e. The average molecular weight is 451 g/mol. The summed E-state index contributed by atoms with van der Waals surface area (Å²) in [6.07, 6.45) is 0.200. The summed E-state index contributed by atoms with van der Waals surface area (Å²) in [7, 11) is 0. The number of halogens is 2. The number of ether oxygens (including phenoxy) is 2. The summed E-state index contributed by atoms with van der Waals surface area (Å²) in [6, 6.07) is 23.5. The van der Waals surface area contributed by atoms with Crippen LogP contribution in [0.15, 0.2) is 78.9 Å². The molecule has 170 valence electrons. The third kappa shape index (κ3) is 4.96. The zero-order valence-electron chi connectivity index (χ0n) is 18.2. The first-order valence-corrected chi connectivity index (χ1v) is 10.2. The molecule has 0 heterocycles. The van der Waals surface area contributed by atoms with Crippen LogP contribution in [-0.2, 0) is 16.6 Å². The Balaban J connectivity index is 1.99. The van der Waals surface area contributed by atoms with E-state index in [1.54, 1.807) is 19.9 Å². The second-order valence-electron chi connectivity index (χ2n) is 8.15. The number of para-hydroxylation sites is 2. The summed E-state index contributed by atoms with van der Waals surface area (Å²) >= 11 is 0. The molecule has 1 N–H and O–H groups in total. The zero-order valence-corrected chi connectivity index (χ0v) is 18.2. The molecule has 3 aromatic carbocycles. The van der Waals surface area contributed by atoms with Crippen LogP contribution in [0, 0.1) is 16.7 Å². The molecule has 1 unspecified atom stereocenters. The molecule has 0 saturated heterocycles. The van der Waals surface area contributed by atoms with Gasteiger partial charge in [0.15, 0.2) is 5.41 Å². The fourth-order valence-electron chi connectivity index (χ4n) is 3.93. The van der Waals surface area contributed by atoms with Crippen LogP contribution in [-0.4, -0.2) is 17.7 Å². The van der Waals surface area contributed by atoms with Crippen LogP contribution >= 0.6 is 0 Å². The maximum Gasteiger partial charge on any atom is 0.387 e. The SMILES string of the molecule is CC(C)(Cc1ccccc1Oc1ccccc1)C(C#N)(C(=O)O)c1ccc(OC(F)F)cc1. The quantitative estimate of drug-likeness (QED) is 0.419. The Hall–Kier alpha value is -3.92. The standard InChI is InChI=1S/C26H23F2NO4/c1-25(2,16-18-8-6-7-11-22(18)32-20-9-4-3-5-10-20)26(17-29,23(30)31)19-12-14-21(15-13-19)33-24(27)28/h3-15,24H,16H2,1-2H3,(H,30,31). The van der Waals surface area contributed by atoms with Crippen molar-refractivity contribution in [2.45, 2.75) is 32.3 Å². The normalized spacial score (nSPS) is 13.1. The fraction of sp³-hybridized carbons (Fsp3) is 0.231. The molecule has 5 nitrogen and oxygen atoms in total. The van der Waals surface area contributed by atoms with Gasteiger partial charge >= 0.3 is 12.6 Å². The predicted molar refractivity (Wildman–Crippen MR) is 118 cm³/mol. The lowest BCUT2D eigenvalue weighted by atomic mass is 9.60. The summed E-state index contributed by atoms with van der Waals surface area (Å²) in [5.74, 6) is -0.277. The average Bonchev–Trinajstić information content (AvgIpc) is 2.77. The number of rotatable bonds is 9. The van der Waals surface area contributed by atoms with Crippen molar-refractivity contribution in [1.82, 2.24) is 0 Å². The molecule has 0 aliphatic rings. The number of carboxylic acid groups (broad SMARTS) is 1. The van der Waals surface area contributed by atoms with E-state index in [9.17, 15) is 23.9 Å². The molecule has 3 aromatic rings. The number of benzene rings is 3. The van der Waals surface area contributed by atoms with E-state index < -0.39 is 23.4 Å². The molecule has 0 aliphatic heterocycles. The highest BCUT2D eigenvalue weighted by atomic mass is 19.3. The number of nitrogens with zero attached hydrogens (tertiary/aromatic N) is 1. The minimum absolute atomic E-state index is 0.120. The first kappa shape index (κ1) is 23.7. The van der Waals surface area contributed by atoms with Crippen LogP contribution in [0.4, 0.5) is 8.78 Å². The molecule has 0 bridgehead atoms. The molecular formula is C26H23F2NO4. The van der Waals surface area contributed by atoms with E-state index in [4.69, 9.17) is 4.74 Å². The largest absolute Gasteiger partial charge is 0.480 e. The predicted octanol–water partition coefficient (Wildman–Crippen LogP) is 6.20. The van der Waals surface area contributed by atoms with Crippen LogP contribution < -0.4 is 9.47 Å². The smallest absolute Gasteiger partial charge is 0.387 e. The molecule has 7 heteroatoms. The van der Waals surface area contributed by atoms with E-state index in [2.05, 4.69) is 4.74 Å². The summed E-state index contributed by atoms with van der Waals surface area (Å²) < 4.78 is 35.3. The molecule has 3 rings (SSSR count). The third-order valence-corrected chi connectivity index (χ3v) is 5.59.